The Morgan fingerprint density at radius 2 is 1.83 bits per heavy atom. The molecule has 35 heavy (non-hydrogen) atoms. The molecule has 4 aromatic rings. The highest BCUT2D eigenvalue weighted by atomic mass is 32.2. The summed E-state index contributed by atoms with van der Waals surface area (Å²) in [5.74, 6) is -0.0502. The predicted octanol–water partition coefficient (Wildman–Crippen LogP) is 5.68. The normalized spacial score (nSPS) is 16.0. The number of nitrogens with zero attached hydrogens (tertiary/aromatic N) is 2. The van der Waals surface area contributed by atoms with Gasteiger partial charge in [0.25, 0.3) is 5.56 Å². The Balaban J connectivity index is 1.48. The van der Waals surface area contributed by atoms with Crippen LogP contribution in [0, 0.1) is 13.8 Å². The summed E-state index contributed by atoms with van der Waals surface area (Å²) < 4.78 is 1.64. The van der Waals surface area contributed by atoms with Gasteiger partial charge < -0.3 is 5.32 Å². The van der Waals surface area contributed by atoms with Gasteiger partial charge in [-0.3, -0.25) is 14.2 Å². The van der Waals surface area contributed by atoms with Crippen molar-refractivity contribution in [2.45, 2.75) is 56.5 Å². The first-order valence-corrected chi connectivity index (χ1v) is 12.9. The lowest BCUT2D eigenvalue weighted by molar-refractivity contribution is -0.121. The molecular formula is C29H29N3O2S. The van der Waals surface area contributed by atoms with E-state index in [0.717, 1.165) is 36.1 Å². The molecule has 1 aliphatic rings. The molecule has 0 saturated carbocycles. The predicted molar refractivity (Wildman–Crippen MR) is 142 cm³/mol. The number of fused-ring (bicyclic) bond motifs is 2. The van der Waals surface area contributed by atoms with Crippen molar-refractivity contribution in [1.82, 2.24) is 14.9 Å². The number of benzene rings is 3. The molecule has 2 unspecified atom stereocenters. The summed E-state index contributed by atoms with van der Waals surface area (Å²) in [6, 6.07) is 21.7. The third kappa shape index (κ3) is 4.63. The van der Waals surface area contributed by atoms with Gasteiger partial charge in [0.2, 0.25) is 5.91 Å². The monoisotopic (exact) mass is 483 g/mol. The highest BCUT2D eigenvalue weighted by molar-refractivity contribution is 8.00. The smallest absolute Gasteiger partial charge is 0.266 e. The molecular weight excluding hydrogens is 454 g/mol. The minimum atomic E-state index is -0.421. The molecule has 0 saturated heterocycles. The first kappa shape index (κ1) is 23.4. The van der Waals surface area contributed by atoms with Crippen molar-refractivity contribution in [3.63, 3.8) is 0 Å². The maximum atomic E-state index is 13.6. The number of hydrogen-bond acceptors (Lipinski definition) is 4. The van der Waals surface area contributed by atoms with Gasteiger partial charge in [0.1, 0.15) is 0 Å². The van der Waals surface area contributed by atoms with Crippen LogP contribution in [-0.2, 0) is 11.2 Å². The van der Waals surface area contributed by atoms with Gasteiger partial charge in [-0.2, -0.15) is 0 Å². The van der Waals surface area contributed by atoms with E-state index in [4.69, 9.17) is 4.98 Å². The van der Waals surface area contributed by atoms with E-state index in [-0.39, 0.29) is 17.5 Å². The van der Waals surface area contributed by atoms with Crippen molar-refractivity contribution in [1.29, 1.82) is 0 Å². The van der Waals surface area contributed by atoms with E-state index >= 15 is 0 Å². The van der Waals surface area contributed by atoms with Crippen LogP contribution in [0.15, 0.2) is 76.7 Å². The molecule has 1 heterocycles. The number of para-hydroxylation sites is 1. The molecule has 0 aliphatic heterocycles. The second kappa shape index (κ2) is 9.70. The van der Waals surface area contributed by atoms with Crippen LogP contribution in [0.4, 0.5) is 0 Å². The number of aromatic nitrogens is 2. The average molecular weight is 484 g/mol. The number of carbonyl (C=O) groups is 1. The van der Waals surface area contributed by atoms with Crippen LogP contribution in [0.25, 0.3) is 16.6 Å². The molecule has 3 aromatic carbocycles. The van der Waals surface area contributed by atoms with Crippen molar-refractivity contribution >= 4 is 28.6 Å². The molecule has 0 bridgehead atoms. The first-order chi connectivity index (χ1) is 16.9. The largest absolute Gasteiger partial charge is 0.348 e. The van der Waals surface area contributed by atoms with Crippen LogP contribution in [0.2, 0.25) is 0 Å². The van der Waals surface area contributed by atoms with Crippen molar-refractivity contribution in [3.8, 4) is 5.69 Å². The number of nitrogens with one attached hydrogen (secondary N) is 1. The van der Waals surface area contributed by atoms with Gasteiger partial charge in [-0.15, -0.1) is 0 Å². The Morgan fingerprint density at radius 1 is 1.06 bits per heavy atom. The van der Waals surface area contributed by atoms with Crippen LogP contribution >= 0.6 is 11.8 Å². The zero-order valence-electron chi connectivity index (χ0n) is 20.2. The van der Waals surface area contributed by atoms with E-state index in [1.165, 1.54) is 22.9 Å². The summed E-state index contributed by atoms with van der Waals surface area (Å²) in [6.45, 7) is 5.95. The fraction of sp³-hybridized carbons (Fsp3) is 0.276. The second-order valence-electron chi connectivity index (χ2n) is 9.23. The fourth-order valence-electron chi connectivity index (χ4n) is 4.69. The maximum absolute atomic E-state index is 13.6. The number of aryl methyl sites for hydroxylation is 3. The van der Waals surface area contributed by atoms with Crippen LogP contribution < -0.4 is 10.9 Å². The molecule has 5 nitrogen and oxygen atoms in total. The molecule has 6 heteroatoms. The lowest BCUT2D eigenvalue weighted by atomic mass is 9.88. The fourth-order valence-corrected chi connectivity index (χ4v) is 5.62. The molecule has 1 aliphatic carbocycles. The number of amides is 1. The summed E-state index contributed by atoms with van der Waals surface area (Å²) in [5, 5.41) is 3.90. The number of rotatable bonds is 5. The van der Waals surface area contributed by atoms with E-state index in [0.29, 0.717) is 16.1 Å². The molecule has 1 N–H and O–H groups in total. The Labute approximate surface area is 209 Å². The highest BCUT2D eigenvalue weighted by Crippen LogP contribution is 2.31. The Hall–Kier alpha value is -3.38. The average Bonchev–Trinajstić information content (AvgIpc) is 2.86. The van der Waals surface area contributed by atoms with Gasteiger partial charge >= 0.3 is 0 Å². The van der Waals surface area contributed by atoms with Crippen molar-refractivity contribution in [3.05, 3.63) is 99.3 Å². The van der Waals surface area contributed by atoms with Crippen LogP contribution in [0.1, 0.15) is 48.1 Å². The van der Waals surface area contributed by atoms with Gasteiger partial charge in [-0.05, 0) is 86.6 Å². The quantitative estimate of drug-likeness (QED) is 0.293. The molecule has 2 atom stereocenters. The lowest BCUT2D eigenvalue weighted by Crippen LogP contribution is -2.36. The van der Waals surface area contributed by atoms with Crippen LogP contribution in [0.5, 0.6) is 0 Å². The van der Waals surface area contributed by atoms with E-state index in [2.05, 4.69) is 23.5 Å². The summed E-state index contributed by atoms with van der Waals surface area (Å²) >= 11 is 1.32. The minimum absolute atomic E-state index is 0.0157. The zero-order valence-corrected chi connectivity index (χ0v) is 21.1. The third-order valence-corrected chi connectivity index (χ3v) is 7.88. The molecule has 0 radical (unpaired) electrons. The Kier molecular flexibility index (Phi) is 6.48. The number of hydrogen-bond donors (Lipinski definition) is 1. The summed E-state index contributed by atoms with van der Waals surface area (Å²) in [4.78, 5) is 31.6. The number of thioether (sulfide) groups is 1. The van der Waals surface area contributed by atoms with E-state index < -0.39 is 5.25 Å². The topological polar surface area (TPSA) is 64.0 Å². The third-order valence-electron chi connectivity index (χ3n) is 6.83. The molecule has 1 aromatic heterocycles. The number of carbonyl (C=O) groups excluding carboxylic acids is 1. The van der Waals surface area contributed by atoms with Crippen LogP contribution in [0.3, 0.4) is 0 Å². The first-order valence-electron chi connectivity index (χ1n) is 12.1. The molecule has 5 rings (SSSR count). The Morgan fingerprint density at radius 3 is 2.66 bits per heavy atom. The minimum Gasteiger partial charge on any atom is -0.348 e. The summed E-state index contributed by atoms with van der Waals surface area (Å²) in [6.07, 6.45) is 3.04. The van der Waals surface area contributed by atoms with Gasteiger partial charge in [0.15, 0.2) is 5.16 Å². The molecule has 0 fully saturated rings. The summed E-state index contributed by atoms with van der Waals surface area (Å²) in [5.41, 5.74) is 6.03. The molecule has 0 spiro atoms. The second-order valence-corrected chi connectivity index (χ2v) is 10.5. The maximum Gasteiger partial charge on any atom is 0.266 e. The SMILES string of the molecule is Cc1ccc(-n2c(SC(C)C(=O)NC3CCCc4ccccc43)nc3ccccc3c2=O)cc1C. The van der Waals surface area contributed by atoms with E-state index in [1.54, 1.807) is 10.6 Å². The van der Waals surface area contributed by atoms with Crippen molar-refractivity contribution < 1.29 is 4.79 Å². The van der Waals surface area contributed by atoms with Crippen molar-refractivity contribution in [2.24, 2.45) is 0 Å². The van der Waals surface area contributed by atoms with E-state index in [1.807, 2.05) is 63.2 Å². The zero-order chi connectivity index (χ0) is 24.5. The van der Waals surface area contributed by atoms with Gasteiger partial charge in [0, 0.05) is 0 Å². The summed E-state index contributed by atoms with van der Waals surface area (Å²) in [7, 11) is 0. The van der Waals surface area contributed by atoms with Crippen molar-refractivity contribution in [2.75, 3.05) is 0 Å². The molecule has 1 amide bonds. The van der Waals surface area contributed by atoms with Gasteiger partial charge in [-0.1, -0.05) is 54.2 Å². The Bertz CT molecular complexity index is 1480. The highest BCUT2D eigenvalue weighted by Gasteiger charge is 2.25. The lowest BCUT2D eigenvalue weighted by Gasteiger charge is -2.27. The molecule has 178 valence electrons. The van der Waals surface area contributed by atoms with Crippen LogP contribution in [-0.4, -0.2) is 20.7 Å². The standard InChI is InChI=1S/C29H29N3O2S/c1-18-15-16-22(17-19(18)2)32-28(34)24-12-6-7-13-26(24)31-29(32)35-20(3)27(33)30-25-14-8-10-21-9-4-5-11-23(21)25/h4-7,9,11-13,15-17,20,25H,8,10,14H2,1-3H3,(H,30,33). The van der Waals surface area contributed by atoms with Gasteiger partial charge in [0.05, 0.1) is 27.9 Å². The van der Waals surface area contributed by atoms with E-state index in [9.17, 15) is 9.59 Å². The van der Waals surface area contributed by atoms with Gasteiger partial charge in [-0.25, -0.2) is 4.98 Å².